The Bertz CT molecular complexity index is 790. The summed E-state index contributed by atoms with van der Waals surface area (Å²) in [7, 11) is 2.19. The molecule has 0 radical (unpaired) electrons. The zero-order valence-corrected chi connectivity index (χ0v) is 15.3. The molecule has 3 rings (SSSR count). The summed E-state index contributed by atoms with van der Waals surface area (Å²) in [5.41, 5.74) is 2.33. The summed E-state index contributed by atoms with van der Waals surface area (Å²) in [6.45, 7) is 4.36. The molecule has 1 aromatic carbocycles. The predicted octanol–water partition coefficient (Wildman–Crippen LogP) is 3.55. The number of likely N-dealkylation sites (tertiary alicyclic amines) is 1. The first-order valence-electron chi connectivity index (χ1n) is 8.50. The molecule has 1 fully saturated rings. The van der Waals surface area contributed by atoms with Gasteiger partial charge in [0.2, 0.25) is 0 Å². The van der Waals surface area contributed by atoms with Crippen molar-refractivity contribution in [3.8, 4) is 0 Å². The number of nitrogens with zero attached hydrogens (tertiary/aromatic N) is 2. The second kappa shape index (κ2) is 8.58. The standard InChI is InChI=1S/C10H14N2.C10H10O4/c1-12-7-3-5-10(12)9-4-2-6-11-8-9;1-5-3-4-7(9(11)12)6(2)8(5)10(13)14/h2,4,6,8,10H,3,5,7H2,1H3;3-4H,1-2H3,(H,11,12)(H,13,14)/t10-;/m0./s1. The minimum Gasteiger partial charge on any atom is -0.478 e. The van der Waals surface area contributed by atoms with Crippen LogP contribution in [0.25, 0.3) is 0 Å². The van der Waals surface area contributed by atoms with E-state index in [1.807, 2.05) is 18.5 Å². The number of benzene rings is 1. The van der Waals surface area contributed by atoms with E-state index in [9.17, 15) is 9.59 Å². The van der Waals surface area contributed by atoms with Gasteiger partial charge in [0.15, 0.2) is 0 Å². The number of aromatic nitrogens is 1. The molecule has 0 saturated carbocycles. The summed E-state index contributed by atoms with van der Waals surface area (Å²) in [6.07, 6.45) is 6.41. The van der Waals surface area contributed by atoms with Gasteiger partial charge in [-0.05, 0) is 69.1 Å². The third-order valence-electron chi connectivity index (χ3n) is 4.71. The summed E-state index contributed by atoms with van der Waals surface area (Å²) < 4.78 is 0. The van der Waals surface area contributed by atoms with Crippen LogP contribution in [0.4, 0.5) is 0 Å². The highest BCUT2D eigenvalue weighted by Gasteiger charge is 2.22. The van der Waals surface area contributed by atoms with Crippen molar-refractivity contribution in [2.45, 2.75) is 32.7 Å². The maximum Gasteiger partial charge on any atom is 0.336 e. The van der Waals surface area contributed by atoms with Crippen LogP contribution < -0.4 is 0 Å². The Morgan fingerprint density at radius 1 is 1.15 bits per heavy atom. The highest BCUT2D eigenvalue weighted by molar-refractivity contribution is 5.97. The number of pyridine rings is 1. The topological polar surface area (TPSA) is 90.7 Å². The number of aryl methyl sites for hydroxylation is 1. The van der Waals surface area contributed by atoms with Crippen LogP contribution in [-0.2, 0) is 0 Å². The summed E-state index contributed by atoms with van der Waals surface area (Å²) in [5.74, 6) is -2.20. The van der Waals surface area contributed by atoms with Crippen LogP contribution in [0.2, 0.25) is 0 Å². The average Bonchev–Trinajstić information content (AvgIpc) is 3.01. The summed E-state index contributed by atoms with van der Waals surface area (Å²) in [6, 6.07) is 7.71. The van der Waals surface area contributed by atoms with Gasteiger partial charge in [-0.3, -0.25) is 9.88 Å². The van der Waals surface area contributed by atoms with Crippen molar-refractivity contribution in [3.05, 3.63) is 64.5 Å². The fourth-order valence-electron chi connectivity index (χ4n) is 3.31. The van der Waals surface area contributed by atoms with Gasteiger partial charge in [-0.15, -0.1) is 0 Å². The van der Waals surface area contributed by atoms with Gasteiger partial charge in [0.05, 0.1) is 11.1 Å². The molecule has 2 N–H and O–H groups in total. The van der Waals surface area contributed by atoms with Gasteiger partial charge in [-0.1, -0.05) is 12.1 Å². The molecule has 6 nitrogen and oxygen atoms in total. The number of aromatic carboxylic acids is 2. The Labute approximate surface area is 153 Å². The molecule has 0 aliphatic carbocycles. The summed E-state index contributed by atoms with van der Waals surface area (Å²) in [5, 5.41) is 17.6. The van der Waals surface area contributed by atoms with Gasteiger partial charge < -0.3 is 10.2 Å². The van der Waals surface area contributed by atoms with E-state index in [2.05, 4.69) is 23.0 Å². The predicted molar refractivity (Wildman–Crippen MR) is 98.7 cm³/mol. The van der Waals surface area contributed by atoms with Gasteiger partial charge >= 0.3 is 11.9 Å². The normalized spacial score (nSPS) is 16.7. The molecule has 0 bridgehead atoms. The Hall–Kier alpha value is -2.73. The van der Waals surface area contributed by atoms with Gasteiger partial charge in [0.1, 0.15) is 0 Å². The minimum atomic E-state index is -1.11. The Morgan fingerprint density at radius 2 is 1.88 bits per heavy atom. The van der Waals surface area contributed by atoms with E-state index in [4.69, 9.17) is 10.2 Å². The Balaban J connectivity index is 0.000000189. The first-order valence-corrected chi connectivity index (χ1v) is 8.50. The molecule has 0 amide bonds. The third kappa shape index (κ3) is 4.46. The van der Waals surface area contributed by atoms with E-state index >= 15 is 0 Å². The lowest BCUT2D eigenvalue weighted by Crippen LogP contribution is -2.17. The van der Waals surface area contributed by atoms with Gasteiger partial charge in [0, 0.05) is 18.4 Å². The van der Waals surface area contributed by atoms with Crippen molar-refractivity contribution in [1.29, 1.82) is 0 Å². The van der Waals surface area contributed by atoms with Crippen LogP contribution in [0.1, 0.15) is 56.3 Å². The molecule has 1 aromatic heterocycles. The second-order valence-electron chi connectivity index (χ2n) is 6.47. The number of carboxylic acids is 2. The average molecular weight is 356 g/mol. The number of hydrogen-bond donors (Lipinski definition) is 2. The van der Waals surface area contributed by atoms with E-state index in [0.29, 0.717) is 17.2 Å². The van der Waals surface area contributed by atoms with Crippen molar-refractivity contribution < 1.29 is 19.8 Å². The van der Waals surface area contributed by atoms with Gasteiger partial charge in [-0.2, -0.15) is 0 Å². The summed E-state index contributed by atoms with van der Waals surface area (Å²) >= 11 is 0. The zero-order valence-electron chi connectivity index (χ0n) is 15.3. The van der Waals surface area contributed by atoms with E-state index in [1.54, 1.807) is 6.92 Å². The number of carbonyl (C=O) groups is 2. The SMILES string of the molecule is CN1CCC[C@H]1c1cccnc1.Cc1ccc(C(=O)O)c(C)c1C(=O)O. The molecule has 2 heterocycles. The second-order valence-corrected chi connectivity index (χ2v) is 6.47. The molecule has 0 unspecified atom stereocenters. The largest absolute Gasteiger partial charge is 0.478 e. The molecule has 0 spiro atoms. The van der Waals surface area contributed by atoms with Crippen LogP contribution in [-0.4, -0.2) is 45.6 Å². The molecule has 2 aromatic rings. The number of hydrogen-bond acceptors (Lipinski definition) is 4. The first kappa shape index (κ1) is 19.6. The van der Waals surface area contributed by atoms with Crippen LogP contribution in [0.5, 0.6) is 0 Å². The maximum atomic E-state index is 10.8. The Kier molecular flexibility index (Phi) is 6.46. The van der Waals surface area contributed by atoms with Gasteiger partial charge in [0.25, 0.3) is 0 Å². The van der Waals surface area contributed by atoms with Crippen molar-refractivity contribution in [1.82, 2.24) is 9.88 Å². The summed E-state index contributed by atoms with van der Waals surface area (Å²) in [4.78, 5) is 28.1. The van der Waals surface area contributed by atoms with Crippen molar-refractivity contribution in [2.75, 3.05) is 13.6 Å². The Morgan fingerprint density at radius 3 is 2.38 bits per heavy atom. The molecule has 26 heavy (non-hydrogen) atoms. The molecule has 1 aliphatic heterocycles. The lowest BCUT2D eigenvalue weighted by Gasteiger charge is -2.18. The number of carboxylic acid groups (broad SMARTS) is 2. The van der Waals surface area contributed by atoms with Crippen LogP contribution in [0.3, 0.4) is 0 Å². The highest BCUT2D eigenvalue weighted by Crippen LogP contribution is 2.29. The van der Waals surface area contributed by atoms with Crippen LogP contribution in [0, 0.1) is 13.8 Å². The quantitative estimate of drug-likeness (QED) is 0.874. The van der Waals surface area contributed by atoms with Crippen molar-refractivity contribution in [2.24, 2.45) is 0 Å². The van der Waals surface area contributed by atoms with E-state index in [1.165, 1.54) is 44.0 Å². The van der Waals surface area contributed by atoms with Crippen LogP contribution >= 0.6 is 0 Å². The lowest BCUT2D eigenvalue weighted by atomic mass is 9.98. The van der Waals surface area contributed by atoms with Crippen molar-refractivity contribution >= 4 is 11.9 Å². The van der Waals surface area contributed by atoms with E-state index < -0.39 is 11.9 Å². The molecule has 6 heteroatoms. The molecule has 1 aliphatic rings. The molecular formula is C20H24N2O4. The minimum absolute atomic E-state index is 0.0352. The van der Waals surface area contributed by atoms with E-state index in [0.717, 1.165) is 0 Å². The van der Waals surface area contributed by atoms with Crippen LogP contribution in [0.15, 0.2) is 36.7 Å². The van der Waals surface area contributed by atoms with E-state index in [-0.39, 0.29) is 11.1 Å². The molecule has 1 atom stereocenters. The molecule has 1 saturated heterocycles. The zero-order chi connectivity index (χ0) is 19.3. The fourth-order valence-corrected chi connectivity index (χ4v) is 3.31. The maximum absolute atomic E-state index is 10.8. The highest BCUT2D eigenvalue weighted by atomic mass is 16.4. The number of rotatable bonds is 3. The first-order chi connectivity index (χ1) is 12.3. The van der Waals surface area contributed by atoms with Crippen molar-refractivity contribution in [3.63, 3.8) is 0 Å². The monoisotopic (exact) mass is 356 g/mol. The van der Waals surface area contributed by atoms with Gasteiger partial charge in [-0.25, -0.2) is 9.59 Å². The smallest absolute Gasteiger partial charge is 0.336 e. The third-order valence-corrected chi connectivity index (χ3v) is 4.71. The lowest BCUT2D eigenvalue weighted by molar-refractivity contribution is 0.0695. The molecular weight excluding hydrogens is 332 g/mol. The molecule has 138 valence electrons. The fraction of sp³-hybridized carbons (Fsp3) is 0.350.